The molecule has 4 saturated carbocycles. The van der Waals surface area contributed by atoms with Gasteiger partial charge in [-0.05, 0) is 74.0 Å². The third-order valence-corrected chi connectivity index (χ3v) is 7.60. The number of fused-ring (bicyclic) bond motifs is 9. The SMILES string of the molecule is CCC(C)C1(OC(C)=O)CC2CC1C1C3CCC(C3)C21. The van der Waals surface area contributed by atoms with E-state index in [1.165, 1.54) is 25.7 Å². The van der Waals surface area contributed by atoms with E-state index in [-0.39, 0.29) is 11.6 Å². The van der Waals surface area contributed by atoms with Crippen LogP contribution in [-0.2, 0) is 9.53 Å². The minimum Gasteiger partial charge on any atom is -0.459 e. The Labute approximate surface area is 122 Å². The highest BCUT2D eigenvalue weighted by Gasteiger charge is 2.69. The molecule has 0 aromatic heterocycles. The third kappa shape index (κ3) is 1.49. The van der Waals surface area contributed by atoms with E-state index in [4.69, 9.17) is 4.74 Å². The van der Waals surface area contributed by atoms with Crippen LogP contribution in [-0.4, -0.2) is 11.6 Å². The van der Waals surface area contributed by atoms with Gasteiger partial charge in [-0.25, -0.2) is 0 Å². The Morgan fingerprint density at radius 3 is 2.55 bits per heavy atom. The minimum absolute atomic E-state index is 0.0578. The lowest BCUT2D eigenvalue weighted by atomic mass is 9.62. The van der Waals surface area contributed by atoms with E-state index >= 15 is 0 Å². The topological polar surface area (TPSA) is 26.3 Å². The van der Waals surface area contributed by atoms with Gasteiger partial charge in [-0.15, -0.1) is 0 Å². The number of carbonyl (C=O) groups is 1. The molecule has 4 fully saturated rings. The summed E-state index contributed by atoms with van der Waals surface area (Å²) in [5.74, 6) is 5.85. The average molecular weight is 276 g/mol. The predicted molar refractivity (Wildman–Crippen MR) is 78.0 cm³/mol. The van der Waals surface area contributed by atoms with Crippen LogP contribution in [0.25, 0.3) is 0 Å². The fraction of sp³-hybridized carbons (Fsp3) is 0.944. The van der Waals surface area contributed by atoms with Crippen LogP contribution in [0.4, 0.5) is 0 Å². The summed E-state index contributed by atoms with van der Waals surface area (Å²) < 4.78 is 6.06. The number of rotatable bonds is 3. The van der Waals surface area contributed by atoms with Crippen LogP contribution in [0.2, 0.25) is 0 Å². The first-order chi connectivity index (χ1) is 9.56. The van der Waals surface area contributed by atoms with E-state index in [0.29, 0.717) is 11.8 Å². The Kier molecular flexibility index (Phi) is 2.79. The van der Waals surface area contributed by atoms with Gasteiger partial charge in [0.05, 0.1) is 0 Å². The molecule has 4 rings (SSSR count). The largest absolute Gasteiger partial charge is 0.459 e. The van der Waals surface area contributed by atoms with Gasteiger partial charge in [0, 0.05) is 12.8 Å². The van der Waals surface area contributed by atoms with Crippen molar-refractivity contribution in [3.63, 3.8) is 0 Å². The minimum atomic E-state index is -0.114. The van der Waals surface area contributed by atoms with Crippen molar-refractivity contribution in [3.05, 3.63) is 0 Å². The van der Waals surface area contributed by atoms with Crippen molar-refractivity contribution in [2.45, 2.75) is 64.9 Å². The zero-order chi connectivity index (χ0) is 14.1. The Morgan fingerprint density at radius 1 is 1.20 bits per heavy atom. The molecule has 4 aliphatic carbocycles. The number of esters is 1. The van der Waals surface area contributed by atoms with Gasteiger partial charge in [0.1, 0.15) is 5.60 Å². The summed E-state index contributed by atoms with van der Waals surface area (Å²) >= 11 is 0. The van der Waals surface area contributed by atoms with Crippen LogP contribution in [0.5, 0.6) is 0 Å². The molecule has 0 saturated heterocycles. The average Bonchev–Trinajstić information content (AvgIpc) is 3.13. The molecule has 112 valence electrons. The molecule has 0 heterocycles. The molecule has 0 amide bonds. The molecule has 0 aromatic carbocycles. The number of ether oxygens (including phenoxy) is 1. The molecule has 0 spiro atoms. The summed E-state index contributed by atoms with van der Waals surface area (Å²) in [5, 5.41) is 0. The molecule has 4 aliphatic rings. The van der Waals surface area contributed by atoms with Gasteiger partial charge in [0.15, 0.2) is 0 Å². The van der Waals surface area contributed by atoms with E-state index < -0.39 is 0 Å². The lowest BCUT2D eigenvalue weighted by molar-refractivity contribution is -0.179. The Balaban J connectivity index is 1.68. The Hall–Kier alpha value is -0.530. The summed E-state index contributed by atoms with van der Waals surface area (Å²) in [6, 6.07) is 0. The molecule has 8 unspecified atom stereocenters. The van der Waals surface area contributed by atoms with Gasteiger partial charge in [-0.1, -0.05) is 13.8 Å². The fourth-order valence-electron chi connectivity index (χ4n) is 7.02. The second kappa shape index (κ2) is 4.24. The first-order valence-electron chi connectivity index (χ1n) is 8.76. The molecule has 8 atom stereocenters. The van der Waals surface area contributed by atoms with Crippen molar-refractivity contribution in [1.82, 2.24) is 0 Å². The Morgan fingerprint density at radius 2 is 1.90 bits per heavy atom. The van der Waals surface area contributed by atoms with Gasteiger partial charge in [0.2, 0.25) is 0 Å². The lowest BCUT2D eigenvalue weighted by Crippen LogP contribution is -2.51. The monoisotopic (exact) mass is 276 g/mol. The number of hydrogen-bond acceptors (Lipinski definition) is 2. The second-order valence-corrected chi connectivity index (χ2v) is 8.15. The number of hydrogen-bond donors (Lipinski definition) is 0. The van der Waals surface area contributed by atoms with E-state index in [2.05, 4.69) is 13.8 Å². The fourth-order valence-corrected chi connectivity index (χ4v) is 7.02. The van der Waals surface area contributed by atoms with Crippen molar-refractivity contribution in [2.75, 3.05) is 0 Å². The normalized spacial score (nSPS) is 53.1. The Bertz CT molecular complexity index is 431. The summed E-state index contributed by atoms with van der Waals surface area (Å²) in [6.45, 7) is 6.17. The van der Waals surface area contributed by atoms with Crippen molar-refractivity contribution in [1.29, 1.82) is 0 Å². The highest BCUT2D eigenvalue weighted by atomic mass is 16.6. The molecule has 0 aliphatic heterocycles. The first-order valence-corrected chi connectivity index (χ1v) is 8.76. The van der Waals surface area contributed by atoms with Gasteiger partial charge >= 0.3 is 5.97 Å². The second-order valence-electron chi connectivity index (χ2n) is 8.15. The summed E-state index contributed by atoms with van der Waals surface area (Å²) in [4.78, 5) is 11.7. The quantitative estimate of drug-likeness (QED) is 0.574. The van der Waals surface area contributed by atoms with Crippen LogP contribution in [0.3, 0.4) is 0 Å². The van der Waals surface area contributed by atoms with Crippen LogP contribution in [0, 0.1) is 41.4 Å². The van der Waals surface area contributed by atoms with Crippen LogP contribution in [0.15, 0.2) is 0 Å². The van der Waals surface area contributed by atoms with Crippen molar-refractivity contribution < 1.29 is 9.53 Å². The molecule has 2 nitrogen and oxygen atoms in total. The molecule has 0 N–H and O–H groups in total. The molecular weight excluding hydrogens is 248 g/mol. The molecule has 0 aromatic rings. The zero-order valence-corrected chi connectivity index (χ0v) is 13.1. The van der Waals surface area contributed by atoms with E-state index in [9.17, 15) is 4.79 Å². The summed E-state index contributed by atoms with van der Waals surface area (Å²) in [5.41, 5.74) is -0.114. The molecule has 20 heavy (non-hydrogen) atoms. The first kappa shape index (κ1) is 13.2. The smallest absolute Gasteiger partial charge is 0.303 e. The van der Waals surface area contributed by atoms with Crippen molar-refractivity contribution in [2.24, 2.45) is 41.4 Å². The summed E-state index contributed by atoms with van der Waals surface area (Å²) in [6.07, 6.45) is 8.06. The molecule has 0 radical (unpaired) electrons. The van der Waals surface area contributed by atoms with Crippen LogP contribution in [0.1, 0.15) is 59.3 Å². The van der Waals surface area contributed by atoms with Crippen LogP contribution < -0.4 is 0 Å². The molecule has 2 heteroatoms. The van der Waals surface area contributed by atoms with Gasteiger partial charge in [-0.3, -0.25) is 4.79 Å². The predicted octanol–water partition coefficient (Wildman–Crippen LogP) is 4.04. The maximum absolute atomic E-state index is 11.7. The van der Waals surface area contributed by atoms with Gasteiger partial charge < -0.3 is 4.74 Å². The highest BCUT2D eigenvalue weighted by molar-refractivity contribution is 5.66. The third-order valence-electron chi connectivity index (χ3n) is 7.60. The highest BCUT2D eigenvalue weighted by Crippen LogP contribution is 2.71. The summed E-state index contributed by atoms with van der Waals surface area (Å²) in [7, 11) is 0. The number of carbonyl (C=O) groups excluding carboxylic acids is 1. The van der Waals surface area contributed by atoms with Crippen molar-refractivity contribution >= 4 is 5.97 Å². The zero-order valence-electron chi connectivity index (χ0n) is 13.1. The maximum atomic E-state index is 11.7. The van der Waals surface area contributed by atoms with E-state index in [1.807, 2.05) is 0 Å². The standard InChI is InChI=1S/C18H28O2/c1-4-10(2)18(20-11(3)19)9-14-8-15(18)17-13-6-5-12(7-13)16(14)17/h10,12-17H,4-9H2,1-3H3. The lowest BCUT2D eigenvalue weighted by Gasteiger charge is -2.48. The molecular formula is C18H28O2. The molecule has 4 bridgehead atoms. The van der Waals surface area contributed by atoms with Crippen LogP contribution >= 0.6 is 0 Å². The van der Waals surface area contributed by atoms with E-state index in [1.54, 1.807) is 6.92 Å². The van der Waals surface area contributed by atoms with Crippen molar-refractivity contribution in [3.8, 4) is 0 Å². The maximum Gasteiger partial charge on any atom is 0.303 e. The van der Waals surface area contributed by atoms with E-state index in [0.717, 1.165) is 42.4 Å². The van der Waals surface area contributed by atoms with Gasteiger partial charge in [-0.2, -0.15) is 0 Å². The van der Waals surface area contributed by atoms with Gasteiger partial charge in [0.25, 0.3) is 0 Å².